The Hall–Kier alpha value is -1.18. The Balaban J connectivity index is 1.87. The molecule has 2 aliphatic carbocycles. The van der Waals surface area contributed by atoms with E-state index in [1.807, 2.05) is 12.2 Å². The number of hydroxylamine groups is 2. The van der Waals surface area contributed by atoms with E-state index in [-0.39, 0.29) is 11.8 Å². The molecule has 0 radical (unpaired) electrons. The van der Waals surface area contributed by atoms with Crippen molar-refractivity contribution < 1.29 is 22.3 Å². The summed E-state index contributed by atoms with van der Waals surface area (Å²) in [5.74, 6) is -2.13. The van der Waals surface area contributed by atoms with Gasteiger partial charge in [-0.25, -0.2) is 0 Å². The van der Waals surface area contributed by atoms with Gasteiger partial charge in [0.25, 0.3) is 11.8 Å². The first kappa shape index (κ1) is 12.8. The van der Waals surface area contributed by atoms with Gasteiger partial charge in [0.1, 0.15) is 0 Å². The maximum atomic E-state index is 12.1. The van der Waals surface area contributed by atoms with Crippen LogP contribution in [0.3, 0.4) is 0 Å². The summed E-state index contributed by atoms with van der Waals surface area (Å²) >= 11 is 5.16. The predicted octanol–water partition coefficient (Wildman–Crippen LogP) is 0.765. The molecule has 0 spiro atoms. The quantitative estimate of drug-likeness (QED) is 0.568. The average molecular weight is 304 g/mol. The number of hydrogen-bond acceptors (Lipinski definition) is 5. The molecule has 6 nitrogen and oxygen atoms in total. The Morgan fingerprint density at radius 3 is 2.21 bits per heavy atom. The summed E-state index contributed by atoms with van der Waals surface area (Å²) in [6.07, 6.45) is 4.59. The number of nitrogens with zero attached hydrogens (tertiary/aromatic N) is 1. The monoisotopic (exact) mass is 303 g/mol. The fourth-order valence-corrected chi connectivity index (χ4v) is 4.05. The van der Waals surface area contributed by atoms with Gasteiger partial charge in [0.2, 0.25) is 0 Å². The van der Waals surface area contributed by atoms with Crippen LogP contribution in [-0.2, 0) is 24.0 Å². The molecular weight excluding hydrogens is 294 g/mol. The third-order valence-electron chi connectivity index (χ3n) is 3.83. The number of carbonyl (C=O) groups is 2. The number of imide groups is 1. The Morgan fingerprint density at radius 2 is 1.74 bits per heavy atom. The summed E-state index contributed by atoms with van der Waals surface area (Å²) in [6, 6.07) is 0. The molecule has 1 aliphatic heterocycles. The maximum Gasteiger partial charge on any atom is 0.312 e. The molecule has 3 rings (SSSR count). The third kappa shape index (κ3) is 1.84. The molecule has 0 aromatic carbocycles. The van der Waals surface area contributed by atoms with Crippen LogP contribution in [0.1, 0.15) is 6.42 Å². The average Bonchev–Trinajstić information content (AvgIpc) is 2.98. The second-order valence-corrected chi connectivity index (χ2v) is 6.46. The molecule has 0 aromatic heterocycles. The first-order valence-electron chi connectivity index (χ1n) is 5.72. The number of halogens is 1. The first-order valence-corrected chi connectivity index (χ1v) is 7.63. The molecule has 19 heavy (non-hydrogen) atoms. The van der Waals surface area contributed by atoms with Crippen LogP contribution in [0.15, 0.2) is 23.1 Å². The smallest absolute Gasteiger partial charge is 0.272 e. The van der Waals surface area contributed by atoms with Crippen molar-refractivity contribution in [1.82, 2.24) is 5.06 Å². The minimum Gasteiger partial charge on any atom is -0.272 e. The molecule has 2 fully saturated rings. The van der Waals surface area contributed by atoms with E-state index in [0.29, 0.717) is 10.5 Å². The van der Waals surface area contributed by atoms with Crippen LogP contribution < -0.4 is 0 Å². The summed E-state index contributed by atoms with van der Waals surface area (Å²) in [4.78, 5) is 24.2. The van der Waals surface area contributed by atoms with Gasteiger partial charge in [-0.1, -0.05) is 23.8 Å². The summed E-state index contributed by atoms with van der Waals surface area (Å²) in [5.41, 5.74) is 0.742. The van der Waals surface area contributed by atoms with Crippen LogP contribution in [0.4, 0.5) is 0 Å². The number of carbonyl (C=O) groups excluding carboxylic acids is 2. The second kappa shape index (κ2) is 4.16. The summed E-state index contributed by atoms with van der Waals surface area (Å²) < 4.78 is 27.4. The van der Waals surface area contributed by atoms with Crippen molar-refractivity contribution in [1.29, 1.82) is 0 Å². The molecule has 0 aromatic rings. The number of allylic oxidation sites excluding steroid dienone is 2. The largest absolute Gasteiger partial charge is 0.312 e. The first-order chi connectivity index (χ1) is 8.94. The van der Waals surface area contributed by atoms with Crippen molar-refractivity contribution in [2.75, 3.05) is 0 Å². The molecule has 1 heterocycles. The van der Waals surface area contributed by atoms with Gasteiger partial charge in [0.15, 0.2) is 0 Å². The molecular formula is C11H10ClNO5S. The van der Waals surface area contributed by atoms with Gasteiger partial charge in [-0.3, -0.25) is 9.59 Å². The second-order valence-electron chi connectivity index (χ2n) is 4.80. The van der Waals surface area contributed by atoms with Crippen LogP contribution >= 0.6 is 11.6 Å². The maximum absolute atomic E-state index is 12.1. The van der Waals surface area contributed by atoms with Crippen LogP contribution in [0.2, 0.25) is 0 Å². The fraction of sp³-hybridized carbons (Fsp3) is 0.455. The Bertz CT molecular complexity index is 581. The minimum atomic E-state index is -4.18. The molecule has 3 aliphatic rings. The van der Waals surface area contributed by atoms with Gasteiger partial charge in [-0.2, -0.15) is 8.42 Å². The van der Waals surface area contributed by atoms with E-state index in [4.69, 9.17) is 11.6 Å². The van der Waals surface area contributed by atoms with Gasteiger partial charge < -0.3 is 0 Å². The Morgan fingerprint density at radius 1 is 1.21 bits per heavy atom. The topological polar surface area (TPSA) is 80.8 Å². The lowest BCUT2D eigenvalue weighted by molar-refractivity contribution is -0.166. The van der Waals surface area contributed by atoms with E-state index in [1.54, 1.807) is 0 Å². The van der Waals surface area contributed by atoms with Crippen molar-refractivity contribution >= 4 is 33.5 Å². The number of rotatable bonds is 3. The third-order valence-corrected chi connectivity index (χ3v) is 4.93. The zero-order chi connectivity index (χ0) is 13.8. The standard InChI is InChI=1S/C11H10ClNO5S/c12-3-4-19(16,17)18-13-10(14)8-6-1-2-7(5-6)9(8)11(13)15/h1-4,6-9H,5H2. The lowest BCUT2D eigenvalue weighted by atomic mass is 9.85. The number of hydrogen-bond donors (Lipinski definition) is 0. The van der Waals surface area contributed by atoms with Gasteiger partial charge in [0.05, 0.1) is 17.2 Å². The lowest BCUT2D eigenvalue weighted by Crippen LogP contribution is -2.34. The summed E-state index contributed by atoms with van der Waals surface area (Å²) in [7, 11) is -4.18. The molecule has 102 valence electrons. The molecule has 1 saturated carbocycles. The van der Waals surface area contributed by atoms with Crippen molar-refractivity contribution in [3.8, 4) is 0 Å². The van der Waals surface area contributed by atoms with E-state index < -0.39 is 33.8 Å². The number of fused-ring (bicyclic) bond motifs is 5. The predicted molar refractivity (Wildman–Crippen MR) is 64.6 cm³/mol. The lowest BCUT2D eigenvalue weighted by Gasteiger charge is -2.14. The summed E-state index contributed by atoms with van der Waals surface area (Å²) in [5, 5.41) is 0.948. The molecule has 1 saturated heterocycles. The zero-order valence-corrected chi connectivity index (χ0v) is 11.2. The van der Waals surface area contributed by atoms with Crippen LogP contribution in [0.5, 0.6) is 0 Å². The van der Waals surface area contributed by atoms with Crippen molar-refractivity contribution in [3.05, 3.63) is 23.1 Å². The van der Waals surface area contributed by atoms with Crippen molar-refractivity contribution in [2.24, 2.45) is 23.7 Å². The Labute approximate surface area is 114 Å². The van der Waals surface area contributed by atoms with Crippen molar-refractivity contribution in [2.45, 2.75) is 6.42 Å². The van der Waals surface area contributed by atoms with Crippen LogP contribution in [0.25, 0.3) is 0 Å². The molecule has 2 bridgehead atoms. The highest BCUT2D eigenvalue weighted by molar-refractivity contribution is 7.89. The normalized spacial score (nSPS) is 36.8. The highest BCUT2D eigenvalue weighted by Crippen LogP contribution is 2.52. The molecule has 2 amide bonds. The van der Waals surface area contributed by atoms with Crippen LogP contribution in [0, 0.1) is 23.7 Å². The minimum absolute atomic E-state index is 0.00585. The fourth-order valence-electron chi connectivity index (χ4n) is 3.14. The van der Waals surface area contributed by atoms with Gasteiger partial charge >= 0.3 is 10.1 Å². The van der Waals surface area contributed by atoms with Gasteiger partial charge in [-0.05, 0) is 18.3 Å². The van der Waals surface area contributed by atoms with E-state index >= 15 is 0 Å². The molecule has 4 unspecified atom stereocenters. The highest BCUT2D eigenvalue weighted by Gasteiger charge is 2.60. The Kier molecular flexibility index (Phi) is 2.81. The van der Waals surface area contributed by atoms with E-state index in [1.165, 1.54) is 0 Å². The van der Waals surface area contributed by atoms with E-state index in [2.05, 4.69) is 4.28 Å². The van der Waals surface area contributed by atoms with E-state index in [0.717, 1.165) is 12.0 Å². The van der Waals surface area contributed by atoms with E-state index in [9.17, 15) is 18.0 Å². The van der Waals surface area contributed by atoms with Crippen molar-refractivity contribution in [3.63, 3.8) is 0 Å². The highest BCUT2D eigenvalue weighted by atomic mass is 35.5. The summed E-state index contributed by atoms with van der Waals surface area (Å²) in [6.45, 7) is 0. The zero-order valence-electron chi connectivity index (χ0n) is 9.60. The van der Waals surface area contributed by atoms with Crippen LogP contribution in [-0.4, -0.2) is 25.3 Å². The number of amides is 2. The van der Waals surface area contributed by atoms with Gasteiger partial charge in [-0.15, -0.1) is 9.35 Å². The molecule has 4 atom stereocenters. The SMILES string of the molecule is O=C1C2C3C=CC(C3)C2C(=O)N1OS(=O)(=O)C=CCl. The van der Waals surface area contributed by atoms with Gasteiger partial charge in [0, 0.05) is 5.54 Å². The molecule has 0 N–H and O–H groups in total. The molecule has 8 heteroatoms.